The molecule has 0 aliphatic heterocycles. The van der Waals surface area contributed by atoms with Crippen molar-refractivity contribution in [1.82, 2.24) is 4.72 Å². The SMILES string of the molecule is COCCOCCNS(=O)(=O)c1cc(CO)ccc1F. The van der Waals surface area contributed by atoms with Gasteiger partial charge in [-0.2, -0.15) is 0 Å². The Labute approximate surface area is 117 Å². The first-order valence-electron chi connectivity index (χ1n) is 5.97. The zero-order chi connectivity index (χ0) is 15.0. The summed E-state index contributed by atoms with van der Waals surface area (Å²) in [6.07, 6.45) is 0. The van der Waals surface area contributed by atoms with E-state index >= 15 is 0 Å². The molecule has 0 heterocycles. The van der Waals surface area contributed by atoms with Crippen molar-refractivity contribution < 1.29 is 27.4 Å². The van der Waals surface area contributed by atoms with Crippen molar-refractivity contribution >= 4 is 10.0 Å². The molecular weight excluding hydrogens is 289 g/mol. The molecule has 1 rings (SSSR count). The van der Waals surface area contributed by atoms with Crippen molar-refractivity contribution in [3.05, 3.63) is 29.6 Å². The Kier molecular flexibility index (Phi) is 7.03. The van der Waals surface area contributed by atoms with E-state index in [1.165, 1.54) is 13.2 Å². The molecule has 8 heteroatoms. The number of ether oxygens (including phenoxy) is 2. The van der Waals surface area contributed by atoms with Crippen LogP contribution in [0.5, 0.6) is 0 Å². The van der Waals surface area contributed by atoms with Gasteiger partial charge in [-0.3, -0.25) is 0 Å². The third-order valence-electron chi connectivity index (χ3n) is 2.44. The number of hydrogen-bond acceptors (Lipinski definition) is 5. The summed E-state index contributed by atoms with van der Waals surface area (Å²) >= 11 is 0. The van der Waals surface area contributed by atoms with E-state index < -0.39 is 20.7 Å². The predicted molar refractivity (Wildman–Crippen MR) is 70.2 cm³/mol. The van der Waals surface area contributed by atoms with Gasteiger partial charge in [0, 0.05) is 13.7 Å². The molecule has 20 heavy (non-hydrogen) atoms. The van der Waals surface area contributed by atoms with E-state index in [1.54, 1.807) is 0 Å². The highest BCUT2D eigenvalue weighted by molar-refractivity contribution is 7.89. The van der Waals surface area contributed by atoms with Gasteiger partial charge < -0.3 is 14.6 Å². The molecule has 0 unspecified atom stereocenters. The van der Waals surface area contributed by atoms with Crippen molar-refractivity contribution in [2.24, 2.45) is 0 Å². The number of hydrogen-bond donors (Lipinski definition) is 2. The Morgan fingerprint density at radius 2 is 2.05 bits per heavy atom. The summed E-state index contributed by atoms with van der Waals surface area (Å²) in [5.41, 5.74) is 0.322. The Bertz CT molecular complexity index is 521. The molecule has 0 saturated heterocycles. The van der Waals surface area contributed by atoms with Crippen molar-refractivity contribution in [3.63, 3.8) is 0 Å². The number of halogens is 1. The van der Waals surface area contributed by atoms with Crippen LogP contribution in [0.2, 0.25) is 0 Å². The van der Waals surface area contributed by atoms with Crippen LogP contribution in [0.15, 0.2) is 23.1 Å². The number of benzene rings is 1. The average Bonchev–Trinajstić information content (AvgIpc) is 2.43. The minimum absolute atomic E-state index is 0.0227. The van der Waals surface area contributed by atoms with Gasteiger partial charge in [-0.25, -0.2) is 17.5 Å². The van der Waals surface area contributed by atoms with E-state index in [0.29, 0.717) is 18.8 Å². The van der Waals surface area contributed by atoms with Crippen molar-refractivity contribution in [2.75, 3.05) is 33.5 Å². The molecule has 0 aliphatic rings. The zero-order valence-electron chi connectivity index (χ0n) is 11.1. The lowest BCUT2D eigenvalue weighted by Crippen LogP contribution is -2.28. The van der Waals surface area contributed by atoms with Gasteiger partial charge in [0.15, 0.2) is 0 Å². The lowest BCUT2D eigenvalue weighted by Gasteiger charge is -2.09. The van der Waals surface area contributed by atoms with Crippen LogP contribution in [-0.2, 0) is 26.1 Å². The fourth-order valence-corrected chi connectivity index (χ4v) is 2.56. The molecule has 0 atom stereocenters. The lowest BCUT2D eigenvalue weighted by molar-refractivity contribution is 0.0736. The van der Waals surface area contributed by atoms with E-state index in [0.717, 1.165) is 12.1 Å². The van der Waals surface area contributed by atoms with E-state index in [1.807, 2.05) is 0 Å². The van der Waals surface area contributed by atoms with Gasteiger partial charge in [0.05, 0.1) is 26.4 Å². The average molecular weight is 307 g/mol. The van der Waals surface area contributed by atoms with Crippen LogP contribution in [0.1, 0.15) is 5.56 Å². The Balaban J connectivity index is 2.60. The molecule has 1 aromatic rings. The summed E-state index contributed by atoms with van der Waals surface area (Å²) in [6, 6.07) is 3.43. The first kappa shape index (κ1) is 17.0. The summed E-state index contributed by atoms with van der Waals surface area (Å²) in [5, 5.41) is 8.95. The number of nitrogens with one attached hydrogen (secondary N) is 1. The van der Waals surface area contributed by atoms with Crippen molar-refractivity contribution in [1.29, 1.82) is 0 Å². The second-order valence-corrected chi connectivity index (χ2v) is 5.66. The number of rotatable bonds is 9. The minimum atomic E-state index is -3.96. The number of aliphatic hydroxyl groups excluding tert-OH is 1. The molecule has 0 fully saturated rings. The monoisotopic (exact) mass is 307 g/mol. The summed E-state index contributed by atoms with van der Waals surface area (Å²) in [7, 11) is -2.43. The molecule has 0 saturated carbocycles. The quantitative estimate of drug-likeness (QED) is 0.639. The maximum atomic E-state index is 13.5. The Hall–Kier alpha value is -1.06. The van der Waals surface area contributed by atoms with Gasteiger partial charge in [0.25, 0.3) is 0 Å². The van der Waals surface area contributed by atoms with Crippen molar-refractivity contribution in [2.45, 2.75) is 11.5 Å². The summed E-state index contributed by atoms with van der Waals surface area (Å²) in [5.74, 6) is -0.866. The molecular formula is C12H18FNO5S. The molecule has 0 bridgehead atoms. The van der Waals surface area contributed by atoms with Gasteiger partial charge in [-0.05, 0) is 17.7 Å². The zero-order valence-corrected chi connectivity index (χ0v) is 12.0. The van der Waals surface area contributed by atoms with E-state index in [9.17, 15) is 12.8 Å². The fourth-order valence-electron chi connectivity index (χ4n) is 1.42. The van der Waals surface area contributed by atoms with Gasteiger partial charge in [-0.15, -0.1) is 0 Å². The normalized spacial score (nSPS) is 11.8. The minimum Gasteiger partial charge on any atom is -0.392 e. The maximum Gasteiger partial charge on any atom is 0.243 e. The highest BCUT2D eigenvalue weighted by Crippen LogP contribution is 2.16. The smallest absolute Gasteiger partial charge is 0.243 e. The van der Waals surface area contributed by atoms with Gasteiger partial charge in [0.2, 0.25) is 10.0 Å². The van der Waals surface area contributed by atoms with E-state index in [4.69, 9.17) is 14.6 Å². The van der Waals surface area contributed by atoms with Crippen LogP contribution in [0, 0.1) is 5.82 Å². The number of methoxy groups -OCH3 is 1. The van der Waals surface area contributed by atoms with Gasteiger partial charge >= 0.3 is 0 Å². The lowest BCUT2D eigenvalue weighted by atomic mass is 10.2. The maximum absolute atomic E-state index is 13.5. The van der Waals surface area contributed by atoms with E-state index in [-0.39, 0.29) is 19.8 Å². The standard InChI is InChI=1S/C12H18FNO5S/c1-18-6-7-19-5-4-14-20(16,17)12-8-10(9-15)2-3-11(12)13/h2-3,8,14-15H,4-7,9H2,1H3. The van der Waals surface area contributed by atoms with Crippen LogP contribution in [-0.4, -0.2) is 47.0 Å². The Morgan fingerprint density at radius 3 is 2.70 bits per heavy atom. The predicted octanol–water partition coefficient (Wildman–Crippen LogP) is 0.259. The molecule has 114 valence electrons. The Morgan fingerprint density at radius 1 is 1.30 bits per heavy atom. The molecule has 0 spiro atoms. The van der Waals surface area contributed by atoms with Crippen LogP contribution >= 0.6 is 0 Å². The molecule has 1 aromatic carbocycles. The van der Waals surface area contributed by atoms with Crippen LogP contribution in [0.3, 0.4) is 0 Å². The van der Waals surface area contributed by atoms with Crippen molar-refractivity contribution in [3.8, 4) is 0 Å². The fraction of sp³-hybridized carbons (Fsp3) is 0.500. The highest BCUT2D eigenvalue weighted by atomic mass is 32.2. The van der Waals surface area contributed by atoms with Crippen LogP contribution in [0.4, 0.5) is 4.39 Å². The summed E-state index contributed by atoms with van der Waals surface area (Å²) in [6.45, 7) is 0.591. The van der Waals surface area contributed by atoms with Crippen LogP contribution < -0.4 is 4.72 Å². The second kappa shape index (κ2) is 8.28. The molecule has 0 radical (unpaired) electrons. The first-order valence-corrected chi connectivity index (χ1v) is 7.45. The summed E-state index contributed by atoms with van der Waals surface area (Å²) < 4.78 is 49.4. The van der Waals surface area contributed by atoms with E-state index in [2.05, 4.69) is 4.72 Å². The molecule has 0 aromatic heterocycles. The molecule has 2 N–H and O–H groups in total. The molecule has 6 nitrogen and oxygen atoms in total. The third-order valence-corrected chi connectivity index (χ3v) is 3.91. The highest BCUT2D eigenvalue weighted by Gasteiger charge is 2.18. The largest absolute Gasteiger partial charge is 0.392 e. The molecule has 0 amide bonds. The number of aliphatic hydroxyl groups is 1. The topological polar surface area (TPSA) is 84.9 Å². The van der Waals surface area contributed by atoms with Gasteiger partial charge in [-0.1, -0.05) is 6.07 Å². The summed E-state index contributed by atoms with van der Waals surface area (Å²) in [4.78, 5) is -0.485. The number of sulfonamides is 1. The first-order chi connectivity index (χ1) is 9.51. The van der Waals surface area contributed by atoms with Crippen LogP contribution in [0.25, 0.3) is 0 Å². The second-order valence-electron chi connectivity index (χ2n) is 3.93. The van der Waals surface area contributed by atoms with Gasteiger partial charge in [0.1, 0.15) is 10.7 Å². The third kappa shape index (κ3) is 5.14. The molecule has 0 aliphatic carbocycles.